The standard InChI is InChI=1S/C18H17BrCl2O2/c1-23-17(22)10-9-16(13-3-2-4-15(21)11-13)18(19)12-5-7-14(20)8-6-12/h2-8,11,16,18H,9-10H2,1H3/t16-,18-/m0/s1. The zero-order valence-corrected chi connectivity index (χ0v) is 15.7. The second kappa shape index (κ2) is 8.72. The summed E-state index contributed by atoms with van der Waals surface area (Å²) in [5.41, 5.74) is 2.18. The van der Waals surface area contributed by atoms with Crippen molar-refractivity contribution in [2.24, 2.45) is 0 Å². The molecular formula is C18H17BrCl2O2. The number of hydrogen-bond acceptors (Lipinski definition) is 2. The van der Waals surface area contributed by atoms with Crippen LogP contribution < -0.4 is 0 Å². The monoisotopic (exact) mass is 414 g/mol. The van der Waals surface area contributed by atoms with Gasteiger partial charge in [0.2, 0.25) is 0 Å². The van der Waals surface area contributed by atoms with E-state index in [-0.39, 0.29) is 16.7 Å². The van der Waals surface area contributed by atoms with Crippen LogP contribution in [0.25, 0.3) is 0 Å². The van der Waals surface area contributed by atoms with E-state index in [9.17, 15) is 4.79 Å². The van der Waals surface area contributed by atoms with E-state index >= 15 is 0 Å². The van der Waals surface area contributed by atoms with Crippen LogP contribution in [0.1, 0.15) is 34.7 Å². The quantitative estimate of drug-likeness (QED) is 0.416. The SMILES string of the molecule is COC(=O)CC[C@@H](c1cccc(Cl)c1)[C@@H](Br)c1ccc(Cl)cc1. The lowest BCUT2D eigenvalue weighted by atomic mass is 9.88. The highest BCUT2D eigenvalue weighted by Crippen LogP contribution is 2.41. The summed E-state index contributed by atoms with van der Waals surface area (Å²) >= 11 is 15.9. The average molecular weight is 416 g/mol. The molecule has 0 heterocycles. The number of ether oxygens (including phenoxy) is 1. The van der Waals surface area contributed by atoms with E-state index in [1.807, 2.05) is 48.5 Å². The van der Waals surface area contributed by atoms with Crippen LogP contribution in [0.3, 0.4) is 0 Å². The highest BCUT2D eigenvalue weighted by molar-refractivity contribution is 9.09. The minimum atomic E-state index is -0.215. The maximum absolute atomic E-state index is 11.5. The van der Waals surface area contributed by atoms with Gasteiger partial charge in [-0.05, 0) is 41.8 Å². The van der Waals surface area contributed by atoms with Gasteiger partial charge in [0, 0.05) is 27.2 Å². The third-order valence-corrected chi connectivity index (χ3v) is 5.36. The van der Waals surface area contributed by atoms with Gasteiger partial charge < -0.3 is 4.74 Å². The molecule has 0 fully saturated rings. The molecule has 23 heavy (non-hydrogen) atoms. The molecule has 0 N–H and O–H groups in total. The first-order chi connectivity index (χ1) is 11.0. The molecule has 0 aliphatic heterocycles. The van der Waals surface area contributed by atoms with Crippen LogP contribution in [0.15, 0.2) is 48.5 Å². The summed E-state index contributed by atoms with van der Waals surface area (Å²) in [5, 5.41) is 1.38. The normalized spacial score (nSPS) is 13.4. The van der Waals surface area contributed by atoms with Crippen molar-refractivity contribution in [3.05, 3.63) is 69.7 Å². The van der Waals surface area contributed by atoms with Gasteiger partial charge in [-0.15, -0.1) is 0 Å². The Morgan fingerprint density at radius 3 is 2.39 bits per heavy atom. The Hall–Kier alpha value is -1.03. The summed E-state index contributed by atoms with van der Waals surface area (Å²) < 4.78 is 4.76. The number of rotatable bonds is 6. The maximum atomic E-state index is 11.5. The number of benzene rings is 2. The Bertz CT molecular complexity index is 658. The molecule has 2 atom stereocenters. The Labute approximate surface area is 154 Å². The molecule has 5 heteroatoms. The molecule has 122 valence electrons. The molecule has 0 saturated heterocycles. The number of halogens is 3. The molecular weight excluding hydrogens is 399 g/mol. The Balaban J connectivity index is 2.28. The van der Waals surface area contributed by atoms with Crippen LogP contribution in [0, 0.1) is 0 Å². The lowest BCUT2D eigenvalue weighted by Crippen LogP contribution is -2.10. The zero-order valence-electron chi connectivity index (χ0n) is 12.6. The average Bonchev–Trinajstić information content (AvgIpc) is 2.55. The smallest absolute Gasteiger partial charge is 0.305 e. The summed E-state index contributed by atoms with van der Waals surface area (Å²) in [4.78, 5) is 11.6. The number of carbonyl (C=O) groups excluding carboxylic acids is 1. The number of alkyl halides is 1. The molecule has 0 aliphatic carbocycles. The highest BCUT2D eigenvalue weighted by atomic mass is 79.9. The number of methoxy groups -OCH3 is 1. The largest absolute Gasteiger partial charge is 0.469 e. The molecule has 0 radical (unpaired) electrons. The van der Waals surface area contributed by atoms with E-state index in [2.05, 4.69) is 15.9 Å². The second-order valence-electron chi connectivity index (χ2n) is 5.23. The van der Waals surface area contributed by atoms with E-state index in [0.717, 1.165) is 11.1 Å². The van der Waals surface area contributed by atoms with Gasteiger partial charge in [-0.3, -0.25) is 4.79 Å². The van der Waals surface area contributed by atoms with Crippen LogP contribution in [-0.2, 0) is 9.53 Å². The Kier molecular flexibility index (Phi) is 6.94. The maximum Gasteiger partial charge on any atom is 0.305 e. The van der Waals surface area contributed by atoms with E-state index in [4.69, 9.17) is 27.9 Å². The third-order valence-electron chi connectivity index (χ3n) is 3.71. The van der Waals surface area contributed by atoms with E-state index in [1.54, 1.807) is 0 Å². The fourth-order valence-corrected chi connectivity index (χ4v) is 3.67. The van der Waals surface area contributed by atoms with Crippen LogP contribution in [0.4, 0.5) is 0 Å². The van der Waals surface area contributed by atoms with Gasteiger partial charge in [0.1, 0.15) is 0 Å². The minimum Gasteiger partial charge on any atom is -0.469 e. The van der Waals surface area contributed by atoms with Crippen molar-refractivity contribution in [1.82, 2.24) is 0 Å². The third kappa shape index (κ3) is 5.23. The fourth-order valence-electron chi connectivity index (χ4n) is 2.47. The van der Waals surface area contributed by atoms with Gasteiger partial charge in [0.25, 0.3) is 0 Å². The lowest BCUT2D eigenvalue weighted by Gasteiger charge is -2.23. The van der Waals surface area contributed by atoms with Gasteiger partial charge in [-0.25, -0.2) is 0 Å². The van der Waals surface area contributed by atoms with Crippen LogP contribution in [0.2, 0.25) is 10.0 Å². The Morgan fingerprint density at radius 1 is 1.09 bits per heavy atom. The summed E-state index contributed by atoms with van der Waals surface area (Å²) in [6, 6.07) is 15.4. The zero-order chi connectivity index (χ0) is 16.8. The fraction of sp³-hybridized carbons (Fsp3) is 0.278. The summed E-state index contributed by atoms with van der Waals surface area (Å²) in [6.45, 7) is 0. The molecule has 2 rings (SSSR count). The van der Waals surface area contributed by atoms with Crippen molar-refractivity contribution in [1.29, 1.82) is 0 Å². The molecule has 0 aliphatic rings. The molecule has 0 saturated carbocycles. The van der Waals surface area contributed by atoms with Crippen molar-refractivity contribution in [2.75, 3.05) is 7.11 Å². The molecule has 0 amide bonds. The molecule has 2 nitrogen and oxygen atoms in total. The highest BCUT2D eigenvalue weighted by Gasteiger charge is 2.24. The number of carbonyl (C=O) groups is 1. The Morgan fingerprint density at radius 2 is 1.78 bits per heavy atom. The number of esters is 1. The van der Waals surface area contributed by atoms with E-state index in [0.29, 0.717) is 22.9 Å². The van der Waals surface area contributed by atoms with Gasteiger partial charge in [-0.2, -0.15) is 0 Å². The van der Waals surface area contributed by atoms with Crippen molar-refractivity contribution in [3.63, 3.8) is 0 Å². The molecule has 0 unspecified atom stereocenters. The molecule has 2 aromatic rings. The van der Waals surface area contributed by atoms with Gasteiger partial charge in [-0.1, -0.05) is 63.4 Å². The van der Waals surface area contributed by atoms with Crippen molar-refractivity contribution in [2.45, 2.75) is 23.6 Å². The van der Waals surface area contributed by atoms with E-state index in [1.165, 1.54) is 7.11 Å². The summed E-state index contributed by atoms with van der Waals surface area (Å²) in [6.07, 6.45) is 1.01. The second-order valence-corrected chi connectivity index (χ2v) is 7.09. The topological polar surface area (TPSA) is 26.3 Å². The first-order valence-corrected chi connectivity index (χ1v) is 8.90. The van der Waals surface area contributed by atoms with Gasteiger partial charge >= 0.3 is 5.97 Å². The first-order valence-electron chi connectivity index (χ1n) is 7.23. The van der Waals surface area contributed by atoms with Crippen molar-refractivity contribution >= 4 is 45.1 Å². The van der Waals surface area contributed by atoms with Crippen molar-refractivity contribution < 1.29 is 9.53 Å². The molecule has 0 aromatic heterocycles. The predicted molar refractivity (Wildman–Crippen MR) is 98.6 cm³/mol. The summed E-state index contributed by atoms with van der Waals surface area (Å²) in [5.74, 6) is -0.123. The van der Waals surface area contributed by atoms with Crippen LogP contribution in [-0.4, -0.2) is 13.1 Å². The van der Waals surface area contributed by atoms with Gasteiger partial charge in [0.15, 0.2) is 0 Å². The lowest BCUT2D eigenvalue weighted by molar-refractivity contribution is -0.140. The summed E-state index contributed by atoms with van der Waals surface area (Å²) in [7, 11) is 1.40. The molecule has 2 aromatic carbocycles. The van der Waals surface area contributed by atoms with Gasteiger partial charge in [0.05, 0.1) is 7.11 Å². The number of hydrogen-bond donors (Lipinski definition) is 0. The predicted octanol–water partition coefficient (Wildman–Crippen LogP) is 6.17. The molecule has 0 spiro atoms. The first kappa shape index (κ1) is 18.3. The van der Waals surface area contributed by atoms with Crippen LogP contribution >= 0.6 is 39.1 Å². The van der Waals surface area contributed by atoms with Crippen LogP contribution in [0.5, 0.6) is 0 Å². The minimum absolute atomic E-state index is 0.0443. The van der Waals surface area contributed by atoms with E-state index < -0.39 is 0 Å². The molecule has 0 bridgehead atoms. The van der Waals surface area contributed by atoms with Crippen molar-refractivity contribution in [3.8, 4) is 0 Å².